The van der Waals surface area contributed by atoms with Crippen molar-refractivity contribution in [2.45, 2.75) is 44.6 Å². The number of nitrogens with one attached hydrogen (secondary N) is 1. The van der Waals surface area contributed by atoms with Gasteiger partial charge < -0.3 is 24.3 Å². The second-order valence-electron chi connectivity index (χ2n) is 8.86. The normalized spacial score (nSPS) is 24.9. The molecule has 1 aromatic rings. The van der Waals surface area contributed by atoms with Gasteiger partial charge in [0.1, 0.15) is 0 Å². The van der Waals surface area contributed by atoms with E-state index in [2.05, 4.69) is 5.32 Å². The average molecular weight is 472 g/mol. The SMILES string of the molecule is CCOC(=O)C1(C(=O)OCC)CC=C2CC(C(=O)OC)(C(=O)OC)C3Nc4ccccc4C23C1. The minimum absolute atomic E-state index is 0.0199. The van der Waals surface area contributed by atoms with Crippen molar-refractivity contribution in [3.63, 3.8) is 0 Å². The van der Waals surface area contributed by atoms with Gasteiger partial charge in [0.05, 0.1) is 33.5 Å². The minimum Gasteiger partial charge on any atom is -0.468 e. The fourth-order valence-electron chi connectivity index (χ4n) is 6.07. The number of carbonyl (C=O) groups excluding carboxylic acids is 4. The first-order chi connectivity index (χ1) is 16.3. The summed E-state index contributed by atoms with van der Waals surface area (Å²) in [4.78, 5) is 53.1. The lowest BCUT2D eigenvalue weighted by atomic mass is 9.58. The number of allylic oxidation sites excluding steroid dienone is 1. The third-order valence-electron chi connectivity index (χ3n) is 7.44. The van der Waals surface area contributed by atoms with Crippen molar-refractivity contribution in [3.05, 3.63) is 41.5 Å². The van der Waals surface area contributed by atoms with E-state index in [0.29, 0.717) is 5.69 Å². The highest BCUT2D eigenvalue weighted by atomic mass is 16.6. The number of rotatable bonds is 6. The number of para-hydroxylation sites is 1. The minimum atomic E-state index is -1.70. The van der Waals surface area contributed by atoms with E-state index in [1.54, 1.807) is 19.9 Å². The predicted octanol–water partition coefficient (Wildman–Crippen LogP) is 2.29. The summed E-state index contributed by atoms with van der Waals surface area (Å²) in [5.41, 5.74) is -2.09. The van der Waals surface area contributed by atoms with Crippen molar-refractivity contribution in [3.8, 4) is 0 Å². The van der Waals surface area contributed by atoms with Crippen LogP contribution in [0.25, 0.3) is 0 Å². The van der Waals surface area contributed by atoms with Crippen LogP contribution >= 0.6 is 0 Å². The third kappa shape index (κ3) is 2.91. The summed E-state index contributed by atoms with van der Waals surface area (Å²) in [7, 11) is 2.44. The number of methoxy groups -OCH3 is 2. The Bertz CT molecular complexity index is 1040. The summed E-state index contributed by atoms with van der Waals surface area (Å²) < 4.78 is 20.9. The molecule has 34 heavy (non-hydrogen) atoms. The van der Waals surface area contributed by atoms with Gasteiger partial charge in [0.2, 0.25) is 0 Å². The molecule has 4 rings (SSSR count). The van der Waals surface area contributed by atoms with Gasteiger partial charge in [-0.3, -0.25) is 19.2 Å². The summed E-state index contributed by atoms with van der Waals surface area (Å²) in [5, 5.41) is 3.34. The lowest BCUT2D eigenvalue weighted by Crippen LogP contribution is -2.57. The summed E-state index contributed by atoms with van der Waals surface area (Å²) >= 11 is 0. The van der Waals surface area contributed by atoms with Crippen LogP contribution in [0.3, 0.4) is 0 Å². The largest absolute Gasteiger partial charge is 0.468 e. The van der Waals surface area contributed by atoms with Gasteiger partial charge in [-0.2, -0.15) is 0 Å². The summed E-state index contributed by atoms with van der Waals surface area (Å²) in [6, 6.07) is 6.55. The Balaban J connectivity index is 1.98. The Morgan fingerprint density at radius 1 is 0.941 bits per heavy atom. The first kappa shape index (κ1) is 23.8. The van der Waals surface area contributed by atoms with E-state index in [4.69, 9.17) is 18.9 Å². The van der Waals surface area contributed by atoms with Crippen LogP contribution in [-0.4, -0.2) is 57.4 Å². The van der Waals surface area contributed by atoms with Crippen LogP contribution in [0.2, 0.25) is 0 Å². The zero-order valence-electron chi connectivity index (χ0n) is 19.8. The Kier molecular flexibility index (Phi) is 5.91. The number of anilines is 1. The summed E-state index contributed by atoms with van der Waals surface area (Å²) in [6.07, 6.45) is 1.84. The molecular weight excluding hydrogens is 442 g/mol. The molecule has 0 amide bonds. The molecule has 1 N–H and O–H groups in total. The van der Waals surface area contributed by atoms with Gasteiger partial charge >= 0.3 is 23.9 Å². The number of benzene rings is 1. The van der Waals surface area contributed by atoms with Gasteiger partial charge in [0, 0.05) is 11.1 Å². The molecule has 0 bridgehead atoms. The van der Waals surface area contributed by atoms with Crippen LogP contribution in [-0.2, 0) is 43.5 Å². The van der Waals surface area contributed by atoms with Gasteiger partial charge in [-0.05, 0) is 44.7 Å². The summed E-state index contributed by atoms with van der Waals surface area (Å²) in [6.45, 7) is 3.53. The van der Waals surface area contributed by atoms with Crippen molar-refractivity contribution in [1.82, 2.24) is 0 Å². The molecule has 1 aliphatic heterocycles. The van der Waals surface area contributed by atoms with E-state index in [-0.39, 0.29) is 32.5 Å². The molecule has 1 fully saturated rings. The van der Waals surface area contributed by atoms with Crippen LogP contribution < -0.4 is 5.32 Å². The molecule has 1 saturated carbocycles. The fraction of sp³-hybridized carbons (Fsp3) is 0.520. The zero-order valence-corrected chi connectivity index (χ0v) is 19.8. The van der Waals surface area contributed by atoms with E-state index in [0.717, 1.165) is 11.1 Å². The highest BCUT2D eigenvalue weighted by molar-refractivity contribution is 6.05. The third-order valence-corrected chi connectivity index (χ3v) is 7.44. The van der Waals surface area contributed by atoms with Crippen LogP contribution in [0, 0.1) is 10.8 Å². The van der Waals surface area contributed by atoms with Gasteiger partial charge in [-0.1, -0.05) is 29.8 Å². The van der Waals surface area contributed by atoms with E-state index < -0.39 is 46.2 Å². The molecule has 1 spiro atoms. The topological polar surface area (TPSA) is 117 Å². The molecule has 9 heteroatoms. The molecule has 1 heterocycles. The molecule has 3 aliphatic rings. The predicted molar refractivity (Wildman–Crippen MR) is 120 cm³/mol. The van der Waals surface area contributed by atoms with Crippen molar-refractivity contribution in [2.24, 2.45) is 10.8 Å². The average Bonchev–Trinajstić information content (AvgIpc) is 3.32. The van der Waals surface area contributed by atoms with E-state index in [1.807, 2.05) is 24.3 Å². The molecule has 0 saturated heterocycles. The second-order valence-corrected chi connectivity index (χ2v) is 8.86. The molecule has 2 aliphatic carbocycles. The molecule has 182 valence electrons. The smallest absolute Gasteiger partial charge is 0.325 e. The van der Waals surface area contributed by atoms with Crippen molar-refractivity contribution in [2.75, 3.05) is 32.8 Å². The van der Waals surface area contributed by atoms with Crippen molar-refractivity contribution in [1.29, 1.82) is 0 Å². The van der Waals surface area contributed by atoms with Crippen molar-refractivity contribution < 1.29 is 38.1 Å². The monoisotopic (exact) mass is 471 g/mol. The van der Waals surface area contributed by atoms with Crippen LogP contribution in [0.1, 0.15) is 38.7 Å². The lowest BCUT2D eigenvalue weighted by molar-refractivity contribution is -0.174. The number of ether oxygens (including phenoxy) is 4. The Labute approximate surface area is 197 Å². The Morgan fingerprint density at radius 3 is 2.09 bits per heavy atom. The quantitative estimate of drug-likeness (QED) is 0.289. The number of carbonyl (C=O) groups is 4. The Hall–Kier alpha value is -3.36. The van der Waals surface area contributed by atoms with Crippen LogP contribution in [0.5, 0.6) is 0 Å². The van der Waals surface area contributed by atoms with E-state index in [1.165, 1.54) is 14.2 Å². The highest BCUT2D eigenvalue weighted by Crippen LogP contribution is 2.66. The number of hydrogen-bond donors (Lipinski definition) is 1. The van der Waals surface area contributed by atoms with Gasteiger partial charge in [0.25, 0.3) is 0 Å². The van der Waals surface area contributed by atoms with Crippen LogP contribution in [0.4, 0.5) is 5.69 Å². The van der Waals surface area contributed by atoms with Gasteiger partial charge in [0.15, 0.2) is 10.8 Å². The zero-order chi connectivity index (χ0) is 24.7. The maximum atomic E-state index is 13.3. The standard InChI is InChI=1S/C25H29NO8/c1-5-33-19(27)23(20(28)34-6-2)12-11-15-13-24(21(29)31-3,22(30)32-4)18-25(15,14-23)16-9-7-8-10-17(16)26-18/h7-11,18,26H,5-6,12-14H2,1-4H3. The molecule has 9 nitrogen and oxygen atoms in total. The maximum Gasteiger partial charge on any atom is 0.325 e. The summed E-state index contributed by atoms with van der Waals surface area (Å²) in [5.74, 6) is -2.85. The first-order valence-electron chi connectivity index (χ1n) is 11.3. The highest BCUT2D eigenvalue weighted by Gasteiger charge is 2.74. The van der Waals surface area contributed by atoms with E-state index in [9.17, 15) is 19.2 Å². The second kappa shape index (κ2) is 8.45. The Morgan fingerprint density at radius 2 is 1.53 bits per heavy atom. The molecule has 2 unspecified atom stereocenters. The van der Waals surface area contributed by atoms with Crippen molar-refractivity contribution >= 4 is 29.6 Å². The first-order valence-corrected chi connectivity index (χ1v) is 11.3. The maximum absolute atomic E-state index is 13.3. The fourth-order valence-corrected chi connectivity index (χ4v) is 6.07. The lowest BCUT2D eigenvalue weighted by Gasteiger charge is -2.43. The molecule has 1 aromatic carbocycles. The van der Waals surface area contributed by atoms with Gasteiger partial charge in [-0.25, -0.2) is 0 Å². The molecule has 0 aromatic heterocycles. The number of hydrogen-bond acceptors (Lipinski definition) is 9. The molecule has 0 radical (unpaired) electrons. The van der Waals surface area contributed by atoms with E-state index >= 15 is 0 Å². The molecular formula is C25H29NO8. The number of esters is 4. The molecule has 2 atom stereocenters. The number of fused-ring (bicyclic) bond motifs is 1. The van der Waals surface area contributed by atoms with Gasteiger partial charge in [-0.15, -0.1) is 0 Å². The van der Waals surface area contributed by atoms with Crippen LogP contribution in [0.15, 0.2) is 35.9 Å².